The summed E-state index contributed by atoms with van der Waals surface area (Å²) >= 11 is 0. The second kappa shape index (κ2) is 5.91. The minimum atomic E-state index is -0.229. The van der Waals surface area contributed by atoms with Crippen molar-refractivity contribution in [2.45, 2.75) is 6.92 Å². The number of hydrogen-bond acceptors (Lipinski definition) is 3. The normalized spacial score (nSPS) is 10.1. The Morgan fingerprint density at radius 1 is 1.06 bits per heavy atom. The summed E-state index contributed by atoms with van der Waals surface area (Å²) in [6, 6.07) is 11.1. The zero-order valence-electron chi connectivity index (χ0n) is 10.2. The van der Waals surface area contributed by atoms with E-state index in [0.29, 0.717) is 19.0 Å². The number of nitrogens with one attached hydrogen (secondary N) is 1. The van der Waals surface area contributed by atoms with Crippen LogP contribution < -0.4 is 15.0 Å². The van der Waals surface area contributed by atoms with Gasteiger partial charge in [0.1, 0.15) is 19.0 Å². The van der Waals surface area contributed by atoms with Crippen molar-refractivity contribution in [3.63, 3.8) is 0 Å². The van der Waals surface area contributed by atoms with Gasteiger partial charge in [-0.1, -0.05) is 17.7 Å². The average Bonchev–Trinajstić information content (AvgIpc) is 2.39. The molecule has 2 rings (SSSR count). The van der Waals surface area contributed by atoms with E-state index in [1.807, 2.05) is 31.2 Å². The van der Waals surface area contributed by atoms with Crippen LogP contribution in [0.1, 0.15) is 5.56 Å². The summed E-state index contributed by atoms with van der Waals surface area (Å²) in [6.45, 7) is 2.76. The van der Waals surface area contributed by atoms with E-state index in [0.717, 1.165) is 5.75 Å². The van der Waals surface area contributed by atoms with Crippen LogP contribution in [-0.2, 0) is 0 Å². The number of benzene rings is 1. The van der Waals surface area contributed by atoms with Crippen LogP contribution >= 0.6 is 0 Å². The van der Waals surface area contributed by atoms with Crippen LogP contribution in [0.15, 0.2) is 47.4 Å². The first-order valence-corrected chi connectivity index (χ1v) is 5.76. The Balaban J connectivity index is 1.78. The molecule has 4 heteroatoms. The lowest BCUT2D eigenvalue weighted by Crippen LogP contribution is -2.15. The van der Waals surface area contributed by atoms with E-state index < -0.39 is 0 Å². The molecule has 1 N–H and O–H groups in total. The van der Waals surface area contributed by atoms with Crippen LogP contribution in [0.2, 0.25) is 0 Å². The molecular formula is C14H15NO3. The van der Waals surface area contributed by atoms with Crippen molar-refractivity contribution in [1.82, 2.24) is 4.98 Å². The zero-order valence-corrected chi connectivity index (χ0v) is 10.2. The molecule has 94 valence electrons. The first-order chi connectivity index (χ1) is 8.75. The number of hydrogen-bond donors (Lipinski definition) is 1. The molecule has 0 spiro atoms. The third-order valence-electron chi connectivity index (χ3n) is 2.41. The summed E-state index contributed by atoms with van der Waals surface area (Å²) < 4.78 is 10.8. The number of pyridine rings is 1. The van der Waals surface area contributed by atoms with Crippen molar-refractivity contribution in [1.29, 1.82) is 0 Å². The van der Waals surface area contributed by atoms with E-state index in [1.54, 1.807) is 18.3 Å². The number of aryl methyl sites for hydroxylation is 1. The number of ether oxygens (including phenoxy) is 2. The molecule has 0 bridgehead atoms. The van der Waals surface area contributed by atoms with E-state index in [9.17, 15) is 4.79 Å². The molecule has 2 aromatic rings. The van der Waals surface area contributed by atoms with Crippen LogP contribution in [-0.4, -0.2) is 18.2 Å². The SMILES string of the molecule is Cc1ccc(OCCOc2ccc[nH]c2=O)cc1. The molecule has 4 nitrogen and oxygen atoms in total. The molecule has 1 aromatic heterocycles. The lowest BCUT2D eigenvalue weighted by molar-refractivity contribution is 0.215. The Kier molecular flexibility index (Phi) is 4.02. The Morgan fingerprint density at radius 2 is 1.78 bits per heavy atom. The largest absolute Gasteiger partial charge is 0.490 e. The Labute approximate surface area is 105 Å². The minimum absolute atomic E-state index is 0.229. The molecule has 0 radical (unpaired) electrons. The minimum Gasteiger partial charge on any atom is -0.490 e. The predicted molar refractivity (Wildman–Crippen MR) is 69.2 cm³/mol. The summed E-state index contributed by atoms with van der Waals surface area (Å²) in [4.78, 5) is 13.8. The molecule has 0 aliphatic rings. The summed E-state index contributed by atoms with van der Waals surface area (Å²) in [7, 11) is 0. The van der Waals surface area contributed by atoms with Gasteiger partial charge in [0.25, 0.3) is 5.56 Å². The van der Waals surface area contributed by atoms with Crippen molar-refractivity contribution in [2.24, 2.45) is 0 Å². The lowest BCUT2D eigenvalue weighted by atomic mass is 10.2. The molecule has 0 saturated carbocycles. The third kappa shape index (κ3) is 3.38. The summed E-state index contributed by atoms with van der Waals surface area (Å²) in [5.74, 6) is 1.11. The molecule has 1 aromatic carbocycles. The van der Waals surface area contributed by atoms with Gasteiger partial charge in [0, 0.05) is 6.20 Å². The molecule has 0 atom stereocenters. The highest BCUT2D eigenvalue weighted by Crippen LogP contribution is 2.11. The van der Waals surface area contributed by atoms with Crippen LogP contribution in [0.4, 0.5) is 0 Å². The molecule has 0 unspecified atom stereocenters. The third-order valence-corrected chi connectivity index (χ3v) is 2.41. The Bertz CT molecular complexity index is 545. The zero-order chi connectivity index (χ0) is 12.8. The van der Waals surface area contributed by atoms with E-state index in [-0.39, 0.29) is 5.56 Å². The topological polar surface area (TPSA) is 51.3 Å². The highest BCUT2D eigenvalue weighted by Gasteiger charge is 1.98. The molecule has 18 heavy (non-hydrogen) atoms. The second-order valence-electron chi connectivity index (χ2n) is 3.87. The van der Waals surface area contributed by atoms with Gasteiger partial charge in [-0.3, -0.25) is 4.79 Å². The molecular weight excluding hydrogens is 230 g/mol. The van der Waals surface area contributed by atoms with Crippen LogP contribution in [0, 0.1) is 6.92 Å². The number of aromatic amines is 1. The molecule has 0 amide bonds. The monoisotopic (exact) mass is 245 g/mol. The van der Waals surface area contributed by atoms with Crippen molar-refractivity contribution in [3.8, 4) is 11.5 Å². The van der Waals surface area contributed by atoms with Gasteiger partial charge in [-0.05, 0) is 31.2 Å². The van der Waals surface area contributed by atoms with E-state index >= 15 is 0 Å². The molecule has 0 aliphatic heterocycles. The highest BCUT2D eigenvalue weighted by atomic mass is 16.5. The van der Waals surface area contributed by atoms with Crippen molar-refractivity contribution < 1.29 is 9.47 Å². The van der Waals surface area contributed by atoms with Crippen LogP contribution in [0.3, 0.4) is 0 Å². The maximum Gasteiger partial charge on any atom is 0.290 e. The van der Waals surface area contributed by atoms with Gasteiger partial charge in [-0.15, -0.1) is 0 Å². The van der Waals surface area contributed by atoms with Crippen LogP contribution in [0.25, 0.3) is 0 Å². The Morgan fingerprint density at radius 3 is 2.50 bits per heavy atom. The van der Waals surface area contributed by atoms with Crippen molar-refractivity contribution >= 4 is 0 Å². The van der Waals surface area contributed by atoms with Crippen molar-refractivity contribution in [3.05, 3.63) is 58.5 Å². The van der Waals surface area contributed by atoms with Gasteiger partial charge in [0.05, 0.1) is 0 Å². The average molecular weight is 245 g/mol. The lowest BCUT2D eigenvalue weighted by Gasteiger charge is -2.07. The standard InChI is InChI=1S/C14H15NO3/c1-11-4-6-12(7-5-11)17-9-10-18-13-3-2-8-15-14(13)16/h2-8H,9-10H2,1H3,(H,15,16). The summed E-state index contributed by atoms with van der Waals surface area (Å²) in [5, 5.41) is 0. The fourth-order valence-corrected chi connectivity index (χ4v) is 1.47. The number of H-pyrrole nitrogens is 1. The van der Waals surface area contributed by atoms with Crippen LogP contribution in [0.5, 0.6) is 11.5 Å². The maximum atomic E-state index is 11.3. The molecule has 0 saturated heterocycles. The fourth-order valence-electron chi connectivity index (χ4n) is 1.47. The van der Waals surface area contributed by atoms with E-state index in [4.69, 9.17) is 9.47 Å². The quantitative estimate of drug-likeness (QED) is 0.821. The number of aromatic nitrogens is 1. The second-order valence-corrected chi connectivity index (χ2v) is 3.87. The maximum absolute atomic E-state index is 11.3. The first kappa shape index (κ1) is 12.2. The molecule has 1 heterocycles. The van der Waals surface area contributed by atoms with E-state index in [2.05, 4.69) is 4.98 Å². The smallest absolute Gasteiger partial charge is 0.290 e. The molecule has 0 fully saturated rings. The highest BCUT2D eigenvalue weighted by molar-refractivity contribution is 5.26. The van der Waals surface area contributed by atoms with Gasteiger partial charge in [-0.25, -0.2) is 0 Å². The fraction of sp³-hybridized carbons (Fsp3) is 0.214. The van der Waals surface area contributed by atoms with Gasteiger partial charge in [0.15, 0.2) is 5.75 Å². The van der Waals surface area contributed by atoms with E-state index in [1.165, 1.54) is 5.56 Å². The summed E-state index contributed by atoms with van der Waals surface area (Å²) in [5.41, 5.74) is 0.960. The molecule has 0 aliphatic carbocycles. The Hall–Kier alpha value is -2.23. The predicted octanol–water partition coefficient (Wildman–Crippen LogP) is 2.14. The van der Waals surface area contributed by atoms with Gasteiger partial charge in [0.2, 0.25) is 0 Å². The first-order valence-electron chi connectivity index (χ1n) is 5.76. The van der Waals surface area contributed by atoms with Gasteiger partial charge < -0.3 is 14.5 Å². The van der Waals surface area contributed by atoms with Crippen molar-refractivity contribution in [2.75, 3.05) is 13.2 Å². The number of rotatable bonds is 5. The van der Waals surface area contributed by atoms with Gasteiger partial charge in [-0.2, -0.15) is 0 Å². The summed E-state index contributed by atoms with van der Waals surface area (Å²) in [6.07, 6.45) is 1.57. The van der Waals surface area contributed by atoms with Gasteiger partial charge >= 0.3 is 0 Å².